The van der Waals surface area contributed by atoms with Gasteiger partial charge in [0, 0.05) is 16.9 Å². The maximum absolute atomic E-state index is 10.9. The van der Waals surface area contributed by atoms with E-state index >= 15 is 0 Å². The van der Waals surface area contributed by atoms with Gasteiger partial charge in [0.05, 0.1) is 5.69 Å². The first-order valence-corrected chi connectivity index (χ1v) is 5.39. The van der Waals surface area contributed by atoms with E-state index < -0.39 is 9.05 Å². The molecule has 12 heavy (non-hydrogen) atoms. The maximum atomic E-state index is 10.9. The van der Waals surface area contributed by atoms with Gasteiger partial charge in [-0.25, -0.2) is 8.42 Å². The van der Waals surface area contributed by atoms with Crippen molar-refractivity contribution < 1.29 is 8.42 Å². The van der Waals surface area contributed by atoms with Gasteiger partial charge in [0.2, 0.25) is 0 Å². The summed E-state index contributed by atoms with van der Waals surface area (Å²) in [5.74, 6) is 0. The third-order valence-corrected chi connectivity index (χ3v) is 2.63. The van der Waals surface area contributed by atoms with E-state index in [-0.39, 0.29) is 10.6 Å². The maximum Gasteiger partial charge on any atom is 0.263 e. The van der Waals surface area contributed by atoms with Crippen molar-refractivity contribution in [3.8, 4) is 0 Å². The number of hydrogen-bond acceptors (Lipinski definition) is 3. The normalized spacial score (nSPS) is 11.1. The zero-order chi connectivity index (χ0) is 9.19. The molecule has 0 aromatic carbocycles. The van der Waals surface area contributed by atoms with Gasteiger partial charge >= 0.3 is 0 Å². The molecular formula is C7H6ClNO2S. The molecule has 1 aromatic rings. The summed E-state index contributed by atoms with van der Waals surface area (Å²) in [5, 5.41) is 0. The van der Waals surface area contributed by atoms with Gasteiger partial charge in [0.1, 0.15) is 4.90 Å². The summed E-state index contributed by atoms with van der Waals surface area (Å²) < 4.78 is 21.8. The van der Waals surface area contributed by atoms with Gasteiger partial charge in [0.25, 0.3) is 9.05 Å². The Morgan fingerprint density at radius 2 is 2.25 bits per heavy atom. The average molecular weight is 204 g/mol. The van der Waals surface area contributed by atoms with Crippen molar-refractivity contribution in [3.63, 3.8) is 0 Å². The molecule has 1 aromatic heterocycles. The van der Waals surface area contributed by atoms with Crippen molar-refractivity contribution in [1.82, 2.24) is 4.98 Å². The smallest absolute Gasteiger partial charge is 0.255 e. The first kappa shape index (κ1) is 9.22. The predicted octanol–water partition coefficient (Wildman–Crippen LogP) is 1.65. The summed E-state index contributed by atoms with van der Waals surface area (Å²) >= 11 is 0. The summed E-state index contributed by atoms with van der Waals surface area (Å²) in [4.78, 5) is 3.77. The summed E-state index contributed by atoms with van der Waals surface area (Å²) in [7, 11) is 1.42. The van der Waals surface area contributed by atoms with Crippen molar-refractivity contribution in [2.75, 3.05) is 0 Å². The molecule has 0 amide bonds. The monoisotopic (exact) mass is 203 g/mol. The number of hydrogen-bond donors (Lipinski definition) is 0. The molecule has 0 aliphatic heterocycles. The van der Waals surface area contributed by atoms with Crippen molar-refractivity contribution >= 4 is 25.8 Å². The molecule has 0 radical (unpaired) electrons. The molecule has 0 N–H and O–H groups in total. The van der Waals surface area contributed by atoms with Crippen LogP contribution in [0.4, 0.5) is 0 Å². The largest absolute Gasteiger partial charge is 0.263 e. The summed E-state index contributed by atoms with van der Waals surface area (Å²) in [5.41, 5.74) is 0.271. The van der Waals surface area contributed by atoms with Crippen LogP contribution >= 0.6 is 10.7 Å². The molecule has 0 bridgehead atoms. The lowest BCUT2D eigenvalue weighted by molar-refractivity contribution is 0.609. The van der Waals surface area contributed by atoms with Gasteiger partial charge in [-0.1, -0.05) is 6.58 Å². The molecule has 64 valence electrons. The van der Waals surface area contributed by atoms with Crippen LogP contribution in [-0.4, -0.2) is 13.4 Å². The van der Waals surface area contributed by atoms with Crippen LogP contribution in [0.3, 0.4) is 0 Å². The van der Waals surface area contributed by atoms with Gasteiger partial charge in [-0.2, -0.15) is 0 Å². The zero-order valence-corrected chi connectivity index (χ0v) is 7.64. The van der Waals surface area contributed by atoms with Gasteiger partial charge in [-0.15, -0.1) is 0 Å². The second-order valence-electron chi connectivity index (χ2n) is 2.03. The molecule has 0 unspecified atom stereocenters. The number of aromatic nitrogens is 1. The quantitative estimate of drug-likeness (QED) is 0.687. The van der Waals surface area contributed by atoms with Crippen LogP contribution in [0.1, 0.15) is 5.69 Å². The standard InChI is InChI=1S/C7H6ClNO2S/c1-2-6-7(12(8,10)11)4-3-5-9-6/h2-5H,1H2. The Kier molecular flexibility index (Phi) is 2.49. The van der Waals surface area contributed by atoms with Crippen LogP contribution in [0.15, 0.2) is 29.8 Å². The van der Waals surface area contributed by atoms with Crippen LogP contribution in [0, 0.1) is 0 Å². The Bertz CT molecular complexity index is 400. The summed E-state index contributed by atoms with van der Waals surface area (Å²) in [6.07, 6.45) is 2.82. The van der Waals surface area contributed by atoms with E-state index in [0.717, 1.165) is 0 Å². The lowest BCUT2D eigenvalue weighted by Gasteiger charge is -1.98. The van der Waals surface area contributed by atoms with Gasteiger partial charge in [-0.05, 0) is 18.2 Å². The molecule has 0 saturated heterocycles. The Morgan fingerprint density at radius 3 is 2.67 bits per heavy atom. The highest BCUT2D eigenvalue weighted by Crippen LogP contribution is 2.17. The minimum absolute atomic E-state index is 0.0123. The molecule has 0 saturated carbocycles. The SMILES string of the molecule is C=Cc1ncccc1S(=O)(=O)Cl. The second-order valence-corrected chi connectivity index (χ2v) is 4.56. The predicted molar refractivity (Wildman–Crippen MR) is 47.4 cm³/mol. The third kappa shape index (κ3) is 1.84. The van der Waals surface area contributed by atoms with E-state index in [4.69, 9.17) is 10.7 Å². The Hall–Kier alpha value is -0.870. The van der Waals surface area contributed by atoms with Crippen molar-refractivity contribution in [2.24, 2.45) is 0 Å². The highest BCUT2D eigenvalue weighted by Gasteiger charge is 2.13. The van der Waals surface area contributed by atoms with E-state index in [1.54, 1.807) is 0 Å². The fraction of sp³-hybridized carbons (Fsp3) is 0. The summed E-state index contributed by atoms with van der Waals surface area (Å²) in [6.45, 7) is 3.42. The topological polar surface area (TPSA) is 47.0 Å². The van der Waals surface area contributed by atoms with Crippen molar-refractivity contribution in [1.29, 1.82) is 0 Å². The van der Waals surface area contributed by atoms with E-state index in [9.17, 15) is 8.42 Å². The number of nitrogens with zero attached hydrogens (tertiary/aromatic N) is 1. The molecule has 0 spiro atoms. The molecule has 1 heterocycles. The lowest BCUT2D eigenvalue weighted by atomic mass is 10.3. The Labute approximate surface area is 75.1 Å². The Morgan fingerprint density at radius 1 is 1.58 bits per heavy atom. The first-order chi connectivity index (χ1) is 5.55. The van der Waals surface area contributed by atoms with Crippen molar-refractivity contribution in [3.05, 3.63) is 30.6 Å². The molecule has 0 fully saturated rings. The molecule has 5 heteroatoms. The lowest BCUT2D eigenvalue weighted by Crippen LogP contribution is -1.95. The second kappa shape index (κ2) is 3.25. The van der Waals surface area contributed by atoms with Crippen LogP contribution < -0.4 is 0 Å². The Balaban J connectivity index is 3.43. The fourth-order valence-electron chi connectivity index (χ4n) is 0.762. The minimum Gasteiger partial charge on any atom is -0.255 e. The molecule has 0 atom stereocenters. The molecule has 0 aliphatic rings. The highest BCUT2D eigenvalue weighted by molar-refractivity contribution is 8.13. The molecule has 1 rings (SSSR count). The minimum atomic E-state index is -3.71. The van der Waals surface area contributed by atoms with Crippen LogP contribution in [0.2, 0.25) is 0 Å². The molecule has 3 nitrogen and oxygen atoms in total. The number of rotatable bonds is 2. The fourth-order valence-corrected chi connectivity index (χ4v) is 1.78. The first-order valence-electron chi connectivity index (χ1n) is 3.08. The summed E-state index contributed by atoms with van der Waals surface area (Å²) in [6, 6.07) is 2.88. The van der Waals surface area contributed by atoms with Gasteiger partial charge < -0.3 is 0 Å². The van der Waals surface area contributed by atoms with Crippen LogP contribution in [0.25, 0.3) is 6.08 Å². The molecular weight excluding hydrogens is 198 g/mol. The van der Waals surface area contributed by atoms with E-state index in [1.807, 2.05) is 0 Å². The van der Waals surface area contributed by atoms with Crippen molar-refractivity contribution in [2.45, 2.75) is 4.90 Å². The zero-order valence-electron chi connectivity index (χ0n) is 6.07. The van der Waals surface area contributed by atoms with E-state index in [0.29, 0.717) is 0 Å². The van der Waals surface area contributed by atoms with E-state index in [1.165, 1.54) is 24.4 Å². The number of pyridine rings is 1. The average Bonchev–Trinajstić information content (AvgIpc) is 2.03. The third-order valence-electron chi connectivity index (χ3n) is 1.26. The van der Waals surface area contributed by atoms with Gasteiger partial charge in [-0.3, -0.25) is 4.98 Å². The highest BCUT2D eigenvalue weighted by atomic mass is 35.7. The van der Waals surface area contributed by atoms with E-state index in [2.05, 4.69) is 11.6 Å². The molecule has 0 aliphatic carbocycles. The van der Waals surface area contributed by atoms with Crippen LogP contribution in [-0.2, 0) is 9.05 Å². The van der Waals surface area contributed by atoms with Gasteiger partial charge in [0.15, 0.2) is 0 Å². The number of halogens is 1. The van der Waals surface area contributed by atoms with Crippen LogP contribution in [0.5, 0.6) is 0 Å².